The average molecular weight is 613 g/mol. The fraction of sp³-hybridized carbons (Fsp3) is 0.593. The summed E-state index contributed by atoms with van der Waals surface area (Å²) in [7, 11) is 0. The quantitative estimate of drug-likeness (QED) is 0.0601. The van der Waals surface area contributed by atoms with Gasteiger partial charge in [0.1, 0.15) is 18.1 Å². The van der Waals surface area contributed by atoms with Crippen LogP contribution in [0, 0.1) is 5.92 Å². The third-order valence-electron chi connectivity index (χ3n) is 6.22. The number of nitrogens with two attached hydrogens (primary N) is 2. The number of benzene rings is 1. The van der Waals surface area contributed by atoms with E-state index in [1.165, 1.54) is 11.8 Å². The molecular formula is C27H44N6O6S2. The smallest absolute Gasteiger partial charge is 0.326 e. The molecule has 0 radical (unpaired) electrons. The van der Waals surface area contributed by atoms with Crippen molar-refractivity contribution in [2.75, 3.05) is 18.6 Å². The lowest BCUT2D eigenvalue weighted by Crippen LogP contribution is -2.59. The molecule has 14 heteroatoms. The highest BCUT2D eigenvalue weighted by Crippen LogP contribution is 2.09. The van der Waals surface area contributed by atoms with Gasteiger partial charge in [0.05, 0.1) is 6.04 Å². The number of aliphatic carboxylic acids is 1. The number of thiol groups is 1. The summed E-state index contributed by atoms with van der Waals surface area (Å²) < 4.78 is 0. The number of carbonyl (C=O) groups is 5. The number of hydrogen-bond acceptors (Lipinski definition) is 9. The predicted molar refractivity (Wildman–Crippen MR) is 163 cm³/mol. The van der Waals surface area contributed by atoms with Crippen LogP contribution in [0.5, 0.6) is 0 Å². The van der Waals surface area contributed by atoms with Gasteiger partial charge in [0.25, 0.3) is 5.91 Å². The summed E-state index contributed by atoms with van der Waals surface area (Å²) in [6.07, 6.45) is 3.91. The zero-order valence-electron chi connectivity index (χ0n) is 23.8. The summed E-state index contributed by atoms with van der Waals surface area (Å²) in [4.78, 5) is 63.4. The molecule has 0 aliphatic heterocycles. The number of unbranched alkanes of at least 4 members (excludes halogenated alkanes) is 1. The molecule has 0 aromatic heterocycles. The number of thioether (sulfide) groups is 1. The van der Waals surface area contributed by atoms with Crippen molar-refractivity contribution in [1.29, 1.82) is 0 Å². The summed E-state index contributed by atoms with van der Waals surface area (Å²) in [5, 5.41) is 18.5. The van der Waals surface area contributed by atoms with Crippen molar-refractivity contribution in [3.63, 3.8) is 0 Å². The maximum absolute atomic E-state index is 13.3. The van der Waals surface area contributed by atoms with E-state index in [9.17, 15) is 29.1 Å². The molecule has 0 aliphatic carbocycles. The first-order valence-electron chi connectivity index (χ1n) is 13.5. The van der Waals surface area contributed by atoms with Gasteiger partial charge in [0.15, 0.2) is 5.37 Å². The molecule has 230 valence electrons. The topological polar surface area (TPSA) is 206 Å². The molecule has 4 amide bonds. The molecule has 0 saturated heterocycles. The lowest BCUT2D eigenvalue weighted by atomic mass is 10.0. The van der Waals surface area contributed by atoms with E-state index in [-0.39, 0.29) is 12.8 Å². The number of carbonyl (C=O) groups excluding carboxylic acids is 4. The van der Waals surface area contributed by atoms with Crippen molar-refractivity contribution >= 4 is 54.0 Å². The van der Waals surface area contributed by atoms with Crippen LogP contribution in [0.2, 0.25) is 0 Å². The summed E-state index contributed by atoms with van der Waals surface area (Å²) >= 11 is 5.61. The maximum Gasteiger partial charge on any atom is 0.326 e. The first-order chi connectivity index (χ1) is 19.4. The van der Waals surface area contributed by atoms with Crippen LogP contribution in [-0.4, -0.2) is 82.8 Å². The van der Waals surface area contributed by atoms with Crippen LogP contribution in [0.25, 0.3) is 0 Å². The zero-order chi connectivity index (χ0) is 30.9. The molecule has 0 unspecified atom stereocenters. The fourth-order valence-corrected chi connectivity index (χ4v) is 4.47. The Kier molecular flexibility index (Phi) is 17.1. The van der Waals surface area contributed by atoms with E-state index in [4.69, 9.17) is 11.5 Å². The molecule has 12 nitrogen and oxygen atoms in total. The highest BCUT2D eigenvalue weighted by atomic mass is 32.2. The van der Waals surface area contributed by atoms with Crippen LogP contribution in [0.4, 0.5) is 0 Å². The normalized spacial score (nSPS) is 14.7. The minimum Gasteiger partial charge on any atom is -0.480 e. The van der Waals surface area contributed by atoms with Crippen molar-refractivity contribution in [3.8, 4) is 0 Å². The predicted octanol–water partition coefficient (Wildman–Crippen LogP) is 0.00560. The van der Waals surface area contributed by atoms with E-state index in [2.05, 4.69) is 33.9 Å². The first-order valence-corrected chi connectivity index (χ1v) is 15.4. The Bertz CT molecular complexity index is 1000. The van der Waals surface area contributed by atoms with Crippen LogP contribution in [0.1, 0.15) is 45.1 Å². The minimum atomic E-state index is -1.27. The second-order valence-corrected chi connectivity index (χ2v) is 11.5. The van der Waals surface area contributed by atoms with Gasteiger partial charge in [-0.2, -0.15) is 11.8 Å². The highest BCUT2D eigenvalue weighted by molar-refractivity contribution is 7.98. The van der Waals surface area contributed by atoms with Gasteiger partial charge in [-0.15, -0.1) is 12.6 Å². The first kappa shape index (κ1) is 36.2. The molecule has 0 saturated carbocycles. The van der Waals surface area contributed by atoms with Crippen molar-refractivity contribution in [1.82, 2.24) is 21.3 Å². The van der Waals surface area contributed by atoms with Crippen molar-refractivity contribution in [2.45, 2.75) is 75.5 Å². The Morgan fingerprint density at radius 3 is 2.07 bits per heavy atom. The molecule has 5 atom stereocenters. The fourth-order valence-electron chi connectivity index (χ4n) is 3.80. The summed E-state index contributed by atoms with van der Waals surface area (Å²) in [6, 6.07) is 4.79. The van der Waals surface area contributed by atoms with Gasteiger partial charge in [-0.05, 0) is 49.3 Å². The SMILES string of the molecule is CSCC[C@H](NC(=O)[C@H](Cc1ccccc1)NC(=O)[C@@H](NC(=O)[C@H](S)NC(=O)[C@H](N)CCCCN)C(C)C)C(=O)O. The second kappa shape index (κ2) is 19.3. The number of amides is 4. The van der Waals surface area contributed by atoms with Gasteiger partial charge >= 0.3 is 5.97 Å². The standard InChI is InChI=1S/C27H44N6O6S2/c1-16(2)21(32-25(37)26(40)33-22(34)18(29)11-7-8-13-28)24(36)31-20(15-17-9-5-4-6-10-17)23(35)30-19(27(38)39)12-14-41-3/h4-6,9-10,16,18-21,26,40H,7-8,11-15,28-29H2,1-3H3,(H,30,35)(H,31,36)(H,32,37)(H,33,34)(H,38,39)/t18-,19+,20+,21+,26+/m1/s1. The third kappa shape index (κ3) is 13.6. The molecule has 1 aromatic carbocycles. The number of nitrogens with one attached hydrogen (secondary N) is 4. The molecule has 0 bridgehead atoms. The number of carboxylic acids is 1. The largest absolute Gasteiger partial charge is 0.480 e. The highest BCUT2D eigenvalue weighted by Gasteiger charge is 2.32. The monoisotopic (exact) mass is 612 g/mol. The van der Waals surface area contributed by atoms with Crippen LogP contribution >= 0.6 is 24.4 Å². The van der Waals surface area contributed by atoms with Gasteiger partial charge < -0.3 is 37.8 Å². The Balaban J connectivity index is 2.99. The Labute approximate surface area is 251 Å². The molecule has 1 rings (SSSR count). The van der Waals surface area contributed by atoms with Gasteiger partial charge in [-0.1, -0.05) is 50.6 Å². The van der Waals surface area contributed by atoms with Crippen molar-refractivity contribution in [3.05, 3.63) is 35.9 Å². The molecule has 0 spiro atoms. The maximum atomic E-state index is 13.3. The lowest BCUT2D eigenvalue weighted by molar-refractivity contribution is -0.142. The Morgan fingerprint density at radius 2 is 1.51 bits per heavy atom. The molecular weight excluding hydrogens is 568 g/mol. The molecule has 0 heterocycles. The molecule has 41 heavy (non-hydrogen) atoms. The van der Waals surface area contributed by atoms with Gasteiger partial charge in [0.2, 0.25) is 17.7 Å². The van der Waals surface area contributed by atoms with Gasteiger partial charge in [0, 0.05) is 6.42 Å². The second-order valence-electron chi connectivity index (χ2n) is 9.96. The van der Waals surface area contributed by atoms with Gasteiger partial charge in [-0.3, -0.25) is 19.2 Å². The van der Waals surface area contributed by atoms with Crippen LogP contribution in [0.3, 0.4) is 0 Å². The molecule has 9 N–H and O–H groups in total. The van der Waals surface area contributed by atoms with Crippen LogP contribution in [-0.2, 0) is 30.4 Å². The van der Waals surface area contributed by atoms with E-state index < -0.39 is 65.1 Å². The summed E-state index contributed by atoms with van der Waals surface area (Å²) in [5.41, 5.74) is 12.1. The Hall–Kier alpha value is -2.81. The Morgan fingerprint density at radius 1 is 0.878 bits per heavy atom. The van der Waals surface area contributed by atoms with E-state index in [1.54, 1.807) is 38.1 Å². The van der Waals surface area contributed by atoms with Crippen LogP contribution in [0.15, 0.2) is 30.3 Å². The minimum absolute atomic E-state index is 0.0966. The van der Waals surface area contributed by atoms with Gasteiger partial charge in [-0.25, -0.2) is 4.79 Å². The lowest BCUT2D eigenvalue weighted by Gasteiger charge is -2.27. The number of hydrogen-bond donors (Lipinski definition) is 8. The van der Waals surface area contributed by atoms with Crippen LogP contribution < -0.4 is 32.7 Å². The van der Waals surface area contributed by atoms with E-state index in [0.717, 1.165) is 12.0 Å². The molecule has 1 aromatic rings. The molecule has 0 aliphatic rings. The summed E-state index contributed by atoms with van der Waals surface area (Å²) in [5.74, 6) is -3.64. The molecule has 0 fully saturated rings. The summed E-state index contributed by atoms with van der Waals surface area (Å²) in [6.45, 7) is 3.90. The average Bonchev–Trinajstić information content (AvgIpc) is 2.93. The van der Waals surface area contributed by atoms with Crippen molar-refractivity contribution < 1.29 is 29.1 Å². The van der Waals surface area contributed by atoms with E-state index in [1.807, 2.05) is 12.3 Å². The number of rotatable bonds is 19. The van der Waals surface area contributed by atoms with E-state index >= 15 is 0 Å². The van der Waals surface area contributed by atoms with E-state index in [0.29, 0.717) is 25.1 Å². The zero-order valence-corrected chi connectivity index (χ0v) is 25.5. The number of carboxylic acid groups (broad SMARTS) is 1. The van der Waals surface area contributed by atoms with Crippen molar-refractivity contribution in [2.24, 2.45) is 17.4 Å². The third-order valence-corrected chi connectivity index (χ3v) is 7.23.